The van der Waals surface area contributed by atoms with Crippen LogP contribution in [0.2, 0.25) is 0 Å². The maximum atomic E-state index is 11.6. The fourth-order valence-corrected chi connectivity index (χ4v) is 2.79. The lowest BCUT2D eigenvalue weighted by molar-refractivity contribution is -0.184. The number of hydrogen-bond donors (Lipinski definition) is 0. The Morgan fingerprint density at radius 2 is 2.22 bits per heavy atom. The lowest BCUT2D eigenvalue weighted by Gasteiger charge is -2.43. The first-order valence-corrected chi connectivity index (χ1v) is 7.15. The quantitative estimate of drug-likeness (QED) is 0.514. The van der Waals surface area contributed by atoms with Gasteiger partial charge >= 0.3 is 5.97 Å². The highest BCUT2D eigenvalue weighted by Gasteiger charge is 2.44. The van der Waals surface area contributed by atoms with Crippen molar-refractivity contribution in [1.82, 2.24) is 0 Å². The van der Waals surface area contributed by atoms with E-state index in [4.69, 9.17) is 9.47 Å². The van der Waals surface area contributed by atoms with Gasteiger partial charge in [0.2, 0.25) is 0 Å². The summed E-state index contributed by atoms with van der Waals surface area (Å²) in [6.45, 7) is 8.31. The average molecular weight is 254 g/mol. The summed E-state index contributed by atoms with van der Waals surface area (Å²) in [5.74, 6) is -0.322. The largest absolute Gasteiger partial charge is 0.453 e. The SMILES string of the molecule is C=CC(=O)OC1(CCCC)CCCCC1OCC. The van der Waals surface area contributed by atoms with Crippen LogP contribution in [0.1, 0.15) is 58.8 Å². The summed E-state index contributed by atoms with van der Waals surface area (Å²) in [5.41, 5.74) is -0.421. The first-order valence-electron chi connectivity index (χ1n) is 7.15. The molecule has 18 heavy (non-hydrogen) atoms. The van der Waals surface area contributed by atoms with Gasteiger partial charge in [0.05, 0.1) is 6.10 Å². The Kier molecular flexibility index (Phi) is 6.41. The van der Waals surface area contributed by atoms with Crippen molar-refractivity contribution in [1.29, 1.82) is 0 Å². The molecule has 0 heterocycles. The Morgan fingerprint density at radius 1 is 1.44 bits per heavy atom. The van der Waals surface area contributed by atoms with Gasteiger partial charge in [-0.05, 0) is 39.0 Å². The van der Waals surface area contributed by atoms with E-state index in [1.54, 1.807) is 0 Å². The molecule has 0 N–H and O–H groups in total. The van der Waals surface area contributed by atoms with Gasteiger partial charge in [0.1, 0.15) is 5.60 Å². The van der Waals surface area contributed by atoms with Gasteiger partial charge < -0.3 is 9.47 Å². The molecule has 1 aliphatic carbocycles. The Labute approximate surface area is 111 Å². The number of esters is 1. The molecule has 0 aromatic rings. The molecule has 0 spiro atoms. The fraction of sp³-hybridized carbons (Fsp3) is 0.800. The standard InChI is InChI=1S/C15H26O3/c1-4-7-11-15(18-14(16)5-2)12-9-8-10-13(15)17-6-3/h5,13H,2,4,6-12H2,1,3H3. The van der Waals surface area contributed by atoms with Gasteiger partial charge in [0.25, 0.3) is 0 Å². The Hall–Kier alpha value is -0.830. The van der Waals surface area contributed by atoms with Crippen LogP contribution in [0.5, 0.6) is 0 Å². The van der Waals surface area contributed by atoms with Crippen LogP contribution in [0.15, 0.2) is 12.7 Å². The molecule has 1 saturated carbocycles. The van der Waals surface area contributed by atoms with Crippen molar-refractivity contribution < 1.29 is 14.3 Å². The van der Waals surface area contributed by atoms with Crippen LogP contribution in [0.4, 0.5) is 0 Å². The third-order valence-electron chi connectivity index (χ3n) is 3.69. The van der Waals surface area contributed by atoms with E-state index < -0.39 is 5.60 Å². The van der Waals surface area contributed by atoms with Crippen LogP contribution in [-0.4, -0.2) is 24.3 Å². The number of unbranched alkanes of at least 4 members (excludes halogenated alkanes) is 1. The molecule has 3 nitrogen and oxygen atoms in total. The zero-order valence-electron chi connectivity index (χ0n) is 11.7. The normalized spacial score (nSPS) is 27.8. The van der Waals surface area contributed by atoms with Gasteiger partial charge in [-0.15, -0.1) is 0 Å². The first-order chi connectivity index (χ1) is 8.68. The van der Waals surface area contributed by atoms with Crippen LogP contribution >= 0.6 is 0 Å². The minimum Gasteiger partial charge on any atom is -0.453 e. The predicted molar refractivity (Wildman–Crippen MR) is 72.4 cm³/mol. The van der Waals surface area contributed by atoms with Crippen molar-refractivity contribution in [2.24, 2.45) is 0 Å². The molecule has 0 aromatic heterocycles. The van der Waals surface area contributed by atoms with E-state index in [-0.39, 0.29) is 12.1 Å². The predicted octanol–water partition coefficient (Wildman–Crippen LogP) is 3.62. The molecule has 0 bridgehead atoms. The van der Waals surface area contributed by atoms with Gasteiger partial charge in [0, 0.05) is 12.7 Å². The van der Waals surface area contributed by atoms with Gasteiger partial charge in [-0.1, -0.05) is 26.3 Å². The molecule has 3 heteroatoms. The van der Waals surface area contributed by atoms with Crippen molar-refractivity contribution in [2.45, 2.75) is 70.5 Å². The lowest BCUT2D eigenvalue weighted by Crippen LogP contribution is -2.49. The molecule has 1 aliphatic rings. The minimum absolute atomic E-state index is 0.0479. The highest BCUT2D eigenvalue weighted by atomic mass is 16.6. The molecule has 0 amide bonds. The number of hydrogen-bond acceptors (Lipinski definition) is 3. The van der Waals surface area contributed by atoms with E-state index in [1.807, 2.05) is 6.92 Å². The minimum atomic E-state index is -0.421. The van der Waals surface area contributed by atoms with Crippen LogP contribution < -0.4 is 0 Å². The summed E-state index contributed by atoms with van der Waals surface area (Å²) in [6, 6.07) is 0. The van der Waals surface area contributed by atoms with Crippen molar-refractivity contribution in [2.75, 3.05) is 6.61 Å². The molecule has 2 unspecified atom stereocenters. The highest BCUT2D eigenvalue weighted by molar-refractivity contribution is 5.81. The van der Waals surface area contributed by atoms with Crippen molar-refractivity contribution in [3.05, 3.63) is 12.7 Å². The van der Waals surface area contributed by atoms with Crippen LogP contribution in [0.25, 0.3) is 0 Å². The van der Waals surface area contributed by atoms with Gasteiger partial charge in [-0.3, -0.25) is 0 Å². The molecule has 0 saturated heterocycles. The molecule has 2 atom stereocenters. The number of ether oxygens (including phenoxy) is 2. The molecule has 104 valence electrons. The van der Waals surface area contributed by atoms with E-state index in [0.717, 1.165) is 44.9 Å². The van der Waals surface area contributed by atoms with E-state index in [9.17, 15) is 4.79 Å². The van der Waals surface area contributed by atoms with Gasteiger partial charge in [-0.25, -0.2) is 4.79 Å². The molecule has 0 radical (unpaired) electrons. The average Bonchev–Trinajstić information content (AvgIpc) is 2.39. The van der Waals surface area contributed by atoms with Crippen LogP contribution in [0.3, 0.4) is 0 Å². The molecule has 0 aromatic carbocycles. The number of rotatable bonds is 7. The smallest absolute Gasteiger partial charge is 0.330 e. The van der Waals surface area contributed by atoms with E-state index in [1.165, 1.54) is 6.08 Å². The summed E-state index contributed by atoms with van der Waals surface area (Å²) in [4.78, 5) is 11.6. The molecule has 0 aliphatic heterocycles. The Morgan fingerprint density at radius 3 is 2.83 bits per heavy atom. The summed E-state index contributed by atoms with van der Waals surface area (Å²) >= 11 is 0. The summed E-state index contributed by atoms with van der Waals surface area (Å²) in [5, 5.41) is 0. The molecular formula is C15H26O3. The summed E-state index contributed by atoms with van der Waals surface area (Å²) < 4.78 is 11.5. The second-order valence-electron chi connectivity index (χ2n) is 4.98. The molecule has 1 fully saturated rings. The summed E-state index contributed by atoms with van der Waals surface area (Å²) in [6.07, 6.45) is 8.53. The van der Waals surface area contributed by atoms with E-state index in [0.29, 0.717) is 6.61 Å². The van der Waals surface area contributed by atoms with Crippen molar-refractivity contribution >= 4 is 5.97 Å². The van der Waals surface area contributed by atoms with Gasteiger partial charge in [0.15, 0.2) is 0 Å². The zero-order valence-corrected chi connectivity index (χ0v) is 11.7. The summed E-state index contributed by atoms with van der Waals surface area (Å²) in [7, 11) is 0. The fourth-order valence-electron chi connectivity index (χ4n) is 2.79. The maximum absolute atomic E-state index is 11.6. The topological polar surface area (TPSA) is 35.5 Å². The Bertz CT molecular complexity index is 273. The van der Waals surface area contributed by atoms with E-state index in [2.05, 4.69) is 13.5 Å². The van der Waals surface area contributed by atoms with Crippen LogP contribution in [-0.2, 0) is 14.3 Å². The van der Waals surface area contributed by atoms with Crippen LogP contribution in [0, 0.1) is 0 Å². The monoisotopic (exact) mass is 254 g/mol. The highest BCUT2D eigenvalue weighted by Crippen LogP contribution is 2.38. The Balaban J connectivity index is 2.82. The zero-order chi connectivity index (χ0) is 13.4. The first kappa shape index (κ1) is 15.2. The number of carbonyl (C=O) groups excluding carboxylic acids is 1. The third kappa shape index (κ3) is 3.84. The number of carbonyl (C=O) groups is 1. The second kappa shape index (κ2) is 7.57. The maximum Gasteiger partial charge on any atom is 0.330 e. The van der Waals surface area contributed by atoms with Gasteiger partial charge in [-0.2, -0.15) is 0 Å². The second-order valence-corrected chi connectivity index (χ2v) is 4.98. The lowest BCUT2D eigenvalue weighted by atomic mass is 9.78. The van der Waals surface area contributed by atoms with Crippen molar-refractivity contribution in [3.8, 4) is 0 Å². The van der Waals surface area contributed by atoms with Crippen molar-refractivity contribution in [3.63, 3.8) is 0 Å². The third-order valence-corrected chi connectivity index (χ3v) is 3.69. The molecular weight excluding hydrogens is 228 g/mol. The molecule has 1 rings (SSSR count). The van der Waals surface area contributed by atoms with E-state index >= 15 is 0 Å².